The van der Waals surface area contributed by atoms with Gasteiger partial charge in [0, 0.05) is 18.3 Å². The zero-order chi connectivity index (χ0) is 12.1. The van der Waals surface area contributed by atoms with Crippen molar-refractivity contribution in [2.24, 2.45) is 0 Å². The minimum atomic E-state index is -0.367. The first-order valence-corrected chi connectivity index (χ1v) is 5.57. The first-order chi connectivity index (χ1) is 8.29. The Morgan fingerprint density at radius 1 is 1.56 bits per heavy atom. The number of carbonyl (C=O) groups is 1. The van der Waals surface area contributed by atoms with Crippen LogP contribution >= 0.6 is 12.4 Å². The van der Waals surface area contributed by atoms with Gasteiger partial charge in [-0.25, -0.2) is 4.68 Å². The number of esters is 1. The number of nitrogens with one attached hydrogen (secondary N) is 1. The van der Waals surface area contributed by atoms with Crippen LogP contribution in [0, 0.1) is 0 Å². The Kier molecular flexibility index (Phi) is 5.57. The van der Waals surface area contributed by atoms with Crippen LogP contribution in [0.3, 0.4) is 0 Å². The van der Waals surface area contributed by atoms with E-state index in [0.717, 1.165) is 25.1 Å². The standard InChI is InChI=1S/C10H15N5O2.ClH/c1-17-10(16)7-15-9(12-13-14-15)6-8-4-2-3-5-11-8;/h6,11H,2-5,7H2,1H3;1H. The van der Waals surface area contributed by atoms with Gasteiger partial charge < -0.3 is 10.1 Å². The van der Waals surface area contributed by atoms with Gasteiger partial charge in [-0.05, 0) is 29.7 Å². The lowest BCUT2D eigenvalue weighted by Crippen LogP contribution is -2.20. The van der Waals surface area contributed by atoms with E-state index in [1.165, 1.54) is 18.2 Å². The van der Waals surface area contributed by atoms with Crippen molar-refractivity contribution in [3.8, 4) is 0 Å². The summed E-state index contributed by atoms with van der Waals surface area (Å²) < 4.78 is 6.00. The van der Waals surface area contributed by atoms with Crippen LogP contribution in [0.1, 0.15) is 25.1 Å². The molecule has 1 aromatic rings. The minimum absolute atomic E-state index is 0. The number of hydrogen-bond acceptors (Lipinski definition) is 6. The number of methoxy groups -OCH3 is 1. The maximum atomic E-state index is 11.1. The van der Waals surface area contributed by atoms with Crippen molar-refractivity contribution in [1.29, 1.82) is 0 Å². The number of aromatic nitrogens is 4. The quantitative estimate of drug-likeness (QED) is 0.802. The molecule has 1 saturated heterocycles. The number of rotatable bonds is 3. The highest BCUT2D eigenvalue weighted by molar-refractivity contribution is 5.85. The molecule has 0 radical (unpaired) electrons. The van der Waals surface area contributed by atoms with Crippen LogP contribution in [0.2, 0.25) is 0 Å². The molecule has 0 amide bonds. The van der Waals surface area contributed by atoms with E-state index < -0.39 is 0 Å². The van der Waals surface area contributed by atoms with Crippen LogP contribution in [-0.2, 0) is 16.1 Å². The number of piperidine rings is 1. The van der Waals surface area contributed by atoms with Crippen molar-refractivity contribution in [2.45, 2.75) is 25.8 Å². The second-order valence-electron chi connectivity index (χ2n) is 3.82. The lowest BCUT2D eigenvalue weighted by molar-refractivity contribution is -0.141. The zero-order valence-electron chi connectivity index (χ0n) is 10.1. The average Bonchev–Trinajstić information content (AvgIpc) is 2.78. The molecule has 0 unspecified atom stereocenters. The summed E-state index contributed by atoms with van der Waals surface area (Å²) in [6.07, 6.45) is 5.22. The van der Waals surface area contributed by atoms with E-state index >= 15 is 0 Å². The molecule has 1 N–H and O–H groups in total. The fourth-order valence-corrected chi connectivity index (χ4v) is 1.67. The molecule has 0 saturated carbocycles. The molecule has 1 aliphatic heterocycles. The van der Waals surface area contributed by atoms with Crippen molar-refractivity contribution in [2.75, 3.05) is 13.7 Å². The van der Waals surface area contributed by atoms with Crippen LogP contribution in [0.5, 0.6) is 0 Å². The SMILES string of the molecule is COC(=O)Cn1nnnc1C=C1CCCCN1.Cl. The summed E-state index contributed by atoms with van der Waals surface area (Å²) in [4.78, 5) is 11.1. The number of carbonyl (C=O) groups excluding carboxylic acids is 1. The highest BCUT2D eigenvalue weighted by atomic mass is 35.5. The maximum absolute atomic E-state index is 11.1. The fourth-order valence-electron chi connectivity index (χ4n) is 1.67. The van der Waals surface area contributed by atoms with Gasteiger partial charge in [0.2, 0.25) is 0 Å². The highest BCUT2D eigenvalue weighted by Gasteiger charge is 2.11. The van der Waals surface area contributed by atoms with E-state index in [-0.39, 0.29) is 24.9 Å². The second kappa shape index (κ2) is 6.95. The summed E-state index contributed by atoms with van der Waals surface area (Å²) in [5.74, 6) is 0.202. The zero-order valence-corrected chi connectivity index (χ0v) is 10.9. The molecule has 0 aliphatic carbocycles. The lowest BCUT2D eigenvalue weighted by atomic mass is 10.1. The summed E-state index contributed by atoms with van der Waals surface area (Å²) >= 11 is 0. The van der Waals surface area contributed by atoms with Gasteiger partial charge in [0.05, 0.1) is 7.11 Å². The third kappa shape index (κ3) is 3.69. The number of tetrazole rings is 1. The van der Waals surface area contributed by atoms with Gasteiger partial charge in [-0.15, -0.1) is 17.5 Å². The first kappa shape index (κ1) is 14.4. The van der Waals surface area contributed by atoms with E-state index in [4.69, 9.17) is 0 Å². The molecule has 2 heterocycles. The lowest BCUT2D eigenvalue weighted by Gasteiger charge is -2.16. The van der Waals surface area contributed by atoms with E-state index in [9.17, 15) is 4.79 Å². The normalized spacial score (nSPS) is 16.8. The second-order valence-corrected chi connectivity index (χ2v) is 3.82. The number of allylic oxidation sites excluding steroid dienone is 1. The monoisotopic (exact) mass is 273 g/mol. The Hall–Kier alpha value is -1.63. The molecule has 18 heavy (non-hydrogen) atoms. The largest absolute Gasteiger partial charge is 0.468 e. The van der Waals surface area contributed by atoms with Crippen LogP contribution in [0.4, 0.5) is 0 Å². The molecule has 0 atom stereocenters. The van der Waals surface area contributed by atoms with Gasteiger partial charge in [0.25, 0.3) is 0 Å². The van der Waals surface area contributed by atoms with Gasteiger partial charge in [-0.2, -0.15) is 0 Å². The summed E-state index contributed by atoms with van der Waals surface area (Å²) in [6, 6.07) is 0. The molecule has 1 fully saturated rings. The van der Waals surface area contributed by atoms with Crippen molar-refractivity contribution in [3.05, 3.63) is 11.5 Å². The molecule has 2 rings (SSSR count). The number of nitrogens with zero attached hydrogens (tertiary/aromatic N) is 4. The molecule has 0 spiro atoms. The third-order valence-electron chi connectivity index (χ3n) is 2.59. The number of ether oxygens (including phenoxy) is 1. The minimum Gasteiger partial charge on any atom is -0.468 e. The Balaban J connectivity index is 0.00000162. The Labute approximate surface area is 111 Å². The Morgan fingerprint density at radius 2 is 2.39 bits per heavy atom. The fraction of sp³-hybridized carbons (Fsp3) is 0.600. The summed E-state index contributed by atoms with van der Waals surface area (Å²) in [7, 11) is 1.34. The molecular weight excluding hydrogens is 258 g/mol. The van der Waals surface area contributed by atoms with Gasteiger partial charge in [0.1, 0.15) is 6.54 Å². The third-order valence-corrected chi connectivity index (χ3v) is 2.59. The van der Waals surface area contributed by atoms with E-state index in [1.807, 2.05) is 6.08 Å². The van der Waals surface area contributed by atoms with E-state index in [2.05, 4.69) is 25.6 Å². The predicted octanol–water partition coefficient (Wildman–Crippen LogP) is 0.382. The van der Waals surface area contributed by atoms with Crippen LogP contribution in [0.15, 0.2) is 5.70 Å². The molecule has 7 nitrogen and oxygen atoms in total. The van der Waals surface area contributed by atoms with Crippen molar-refractivity contribution in [1.82, 2.24) is 25.5 Å². The molecule has 100 valence electrons. The smallest absolute Gasteiger partial charge is 0.327 e. The van der Waals surface area contributed by atoms with Crippen LogP contribution < -0.4 is 5.32 Å². The van der Waals surface area contributed by atoms with Gasteiger partial charge in [-0.3, -0.25) is 4.79 Å². The van der Waals surface area contributed by atoms with E-state index in [0.29, 0.717) is 5.82 Å². The predicted molar refractivity (Wildman–Crippen MR) is 66.9 cm³/mol. The van der Waals surface area contributed by atoms with Crippen molar-refractivity contribution >= 4 is 24.5 Å². The van der Waals surface area contributed by atoms with Gasteiger partial charge in [0.15, 0.2) is 5.82 Å². The Bertz CT molecular complexity index is 424. The van der Waals surface area contributed by atoms with Crippen molar-refractivity contribution < 1.29 is 9.53 Å². The molecule has 1 aromatic heterocycles. The molecule has 8 heteroatoms. The topological polar surface area (TPSA) is 81.9 Å². The maximum Gasteiger partial charge on any atom is 0.327 e. The molecule has 0 aromatic carbocycles. The van der Waals surface area contributed by atoms with Crippen LogP contribution in [-0.4, -0.2) is 39.8 Å². The van der Waals surface area contributed by atoms with Crippen molar-refractivity contribution in [3.63, 3.8) is 0 Å². The Morgan fingerprint density at radius 3 is 3.06 bits per heavy atom. The molecule has 1 aliphatic rings. The van der Waals surface area contributed by atoms with Gasteiger partial charge >= 0.3 is 5.97 Å². The summed E-state index contributed by atoms with van der Waals surface area (Å²) in [5, 5.41) is 14.5. The molecule has 0 bridgehead atoms. The summed E-state index contributed by atoms with van der Waals surface area (Å²) in [6.45, 7) is 1.01. The highest BCUT2D eigenvalue weighted by Crippen LogP contribution is 2.12. The average molecular weight is 274 g/mol. The van der Waals surface area contributed by atoms with Gasteiger partial charge in [-0.1, -0.05) is 0 Å². The first-order valence-electron chi connectivity index (χ1n) is 5.57. The molecular formula is C10H16ClN5O2. The number of hydrogen-bond donors (Lipinski definition) is 1. The summed E-state index contributed by atoms with van der Waals surface area (Å²) in [5.41, 5.74) is 1.11. The van der Waals surface area contributed by atoms with E-state index in [1.54, 1.807) is 0 Å². The number of halogens is 1. The van der Waals surface area contributed by atoms with Crippen LogP contribution in [0.25, 0.3) is 6.08 Å².